The Hall–Kier alpha value is -0.120. The summed E-state index contributed by atoms with van der Waals surface area (Å²) in [7, 11) is 0. The summed E-state index contributed by atoms with van der Waals surface area (Å²) in [6.45, 7) is 6.75. The van der Waals surface area contributed by atoms with E-state index in [1.54, 1.807) is 0 Å². The van der Waals surface area contributed by atoms with E-state index in [0.717, 1.165) is 26.0 Å². The molecule has 0 saturated carbocycles. The molecule has 2 N–H and O–H groups in total. The summed E-state index contributed by atoms with van der Waals surface area (Å²) in [4.78, 5) is 0. The summed E-state index contributed by atoms with van der Waals surface area (Å²) in [6.07, 6.45) is 1.83. The minimum atomic E-state index is -0.332. The molecule has 0 radical (unpaired) electrons. The zero-order valence-electron chi connectivity index (χ0n) is 8.62. The Morgan fingerprint density at radius 3 is 2.77 bits per heavy atom. The number of aliphatic hydroxyl groups is 1. The smallest absolute Gasteiger partial charge is 0.0925 e. The predicted octanol–water partition coefficient (Wildman–Crippen LogP) is 0.772. The van der Waals surface area contributed by atoms with Crippen LogP contribution in [0.1, 0.15) is 26.7 Å². The van der Waals surface area contributed by atoms with E-state index in [1.165, 1.54) is 0 Å². The quantitative estimate of drug-likeness (QED) is 0.668. The fourth-order valence-electron chi connectivity index (χ4n) is 1.56. The molecule has 1 aliphatic heterocycles. The molecule has 1 fully saturated rings. The molecule has 2 unspecified atom stereocenters. The van der Waals surface area contributed by atoms with Gasteiger partial charge in [0.25, 0.3) is 0 Å². The summed E-state index contributed by atoms with van der Waals surface area (Å²) in [6, 6.07) is 0. The lowest BCUT2D eigenvalue weighted by molar-refractivity contribution is -0.000646. The highest BCUT2D eigenvalue weighted by Crippen LogP contribution is 2.14. The average molecular weight is 187 g/mol. The number of rotatable bonds is 5. The summed E-state index contributed by atoms with van der Waals surface area (Å²) >= 11 is 0. The van der Waals surface area contributed by atoms with E-state index in [4.69, 9.17) is 4.74 Å². The number of hydrogen-bond acceptors (Lipinski definition) is 3. The monoisotopic (exact) mass is 187 g/mol. The number of nitrogens with one attached hydrogen (secondary N) is 1. The first-order chi connectivity index (χ1) is 6.20. The molecule has 0 bridgehead atoms. The maximum Gasteiger partial charge on any atom is 0.0925 e. The average Bonchev–Trinajstić information content (AvgIpc) is 2.55. The fourth-order valence-corrected chi connectivity index (χ4v) is 1.56. The molecule has 0 amide bonds. The summed E-state index contributed by atoms with van der Waals surface area (Å²) in [5, 5.41) is 12.9. The van der Waals surface area contributed by atoms with E-state index in [-0.39, 0.29) is 12.2 Å². The minimum absolute atomic E-state index is 0.0691. The van der Waals surface area contributed by atoms with E-state index in [1.807, 2.05) is 0 Å². The molecule has 1 aliphatic rings. The van der Waals surface area contributed by atoms with Gasteiger partial charge in [-0.15, -0.1) is 0 Å². The van der Waals surface area contributed by atoms with Gasteiger partial charge in [-0.05, 0) is 25.3 Å². The molecule has 3 heteroatoms. The molecule has 1 rings (SSSR count). The maximum atomic E-state index is 9.67. The largest absolute Gasteiger partial charge is 0.389 e. The van der Waals surface area contributed by atoms with Crippen molar-refractivity contribution in [1.82, 2.24) is 5.32 Å². The zero-order valence-corrected chi connectivity index (χ0v) is 8.62. The van der Waals surface area contributed by atoms with Crippen LogP contribution in [0.15, 0.2) is 0 Å². The van der Waals surface area contributed by atoms with Crippen molar-refractivity contribution in [3.05, 3.63) is 0 Å². The third kappa shape index (κ3) is 4.07. The molecular formula is C10H21NO2. The first-order valence-electron chi connectivity index (χ1n) is 5.20. The third-order valence-electron chi connectivity index (χ3n) is 2.30. The van der Waals surface area contributed by atoms with Crippen LogP contribution in [0.5, 0.6) is 0 Å². The molecule has 1 heterocycles. The first-order valence-corrected chi connectivity index (χ1v) is 5.20. The van der Waals surface area contributed by atoms with E-state index < -0.39 is 0 Å². The highest BCUT2D eigenvalue weighted by molar-refractivity contribution is 4.75. The second-order valence-corrected chi connectivity index (χ2v) is 4.17. The lowest BCUT2D eigenvalue weighted by Crippen LogP contribution is -2.37. The van der Waals surface area contributed by atoms with Crippen LogP contribution in [0.25, 0.3) is 0 Å². The van der Waals surface area contributed by atoms with Crippen LogP contribution in [0.4, 0.5) is 0 Å². The predicted molar refractivity (Wildman–Crippen MR) is 52.7 cm³/mol. The van der Waals surface area contributed by atoms with Gasteiger partial charge in [0.1, 0.15) is 0 Å². The van der Waals surface area contributed by atoms with Gasteiger partial charge in [0, 0.05) is 13.2 Å². The Morgan fingerprint density at radius 1 is 1.46 bits per heavy atom. The molecule has 78 valence electrons. The number of ether oxygens (including phenoxy) is 1. The molecule has 1 saturated heterocycles. The molecule has 0 spiro atoms. The van der Waals surface area contributed by atoms with Crippen molar-refractivity contribution in [3.63, 3.8) is 0 Å². The SMILES string of the molecule is CC(C)CNCC(O)C1CCCO1. The first kappa shape index (κ1) is 11.0. The van der Waals surface area contributed by atoms with Gasteiger partial charge in [0.05, 0.1) is 12.2 Å². The Kier molecular flexibility index (Phi) is 4.70. The van der Waals surface area contributed by atoms with Crippen molar-refractivity contribution in [3.8, 4) is 0 Å². The van der Waals surface area contributed by atoms with Gasteiger partial charge in [0.15, 0.2) is 0 Å². The molecular weight excluding hydrogens is 166 g/mol. The molecule has 0 aromatic carbocycles. The number of hydrogen-bond donors (Lipinski definition) is 2. The van der Waals surface area contributed by atoms with Crippen molar-refractivity contribution in [2.45, 2.75) is 38.9 Å². The molecule has 0 aliphatic carbocycles. The molecule has 13 heavy (non-hydrogen) atoms. The lowest BCUT2D eigenvalue weighted by atomic mass is 10.1. The van der Waals surface area contributed by atoms with E-state index in [0.29, 0.717) is 12.5 Å². The highest BCUT2D eigenvalue weighted by Gasteiger charge is 2.23. The molecule has 0 aromatic heterocycles. The van der Waals surface area contributed by atoms with Gasteiger partial charge in [-0.1, -0.05) is 13.8 Å². The number of aliphatic hydroxyl groups excluding tert-OH is 1. The third-order valence-corrected chi connectivity index (χ3v) is 2.30. The van der Waals surface area contributed by atoms with E-state index >= 15 is 0 Å². The Labute approximate surface area is 80.5 Å². The van der Waals surface area contributed by atoms with Gasteiger partial charge >= 0.3 is 0 Å². The normalized spacial score (nSPS) is 25.4. The molecule has 0 aromatic rings. The Morgan fingerprint density at radius 2 is 2.23 bits per heavy atom. The van der Waals surface area contributed by atoms with Crippen LogP contribution >= 0.6 is 0 Å². The van der Waals surface area contributed by atoms with Crippen molar-refractivity contribution >= 4 is 0 Å². The van der Waals surface area contributed by atoms with Gasteiger partial charge in [0.2, 0.25) is 0 Å². The maximum absolute atomic E-state index is 9.67. The summed E-state index contributed by atoms with van der Waals surface area (Å²) in [5.74, 6) is 0.636. The van der Waals surface area contributed by atoms with Gasteiger partial charge in [-0.3, -0.25) is 0 Å². The van der Waals surface area contributed by atoms with E-state index in [9.17, 15) is 5.11 Å². The minimum Gasteiger partial charge on any atom is -0.389 e. The van der Waals surface area contributed by atoms with Gasteiger partial charge in [-0.2, -0.15) is 0 Å². The van der Waals surface area contributed by atoms with Crippen LogP contribution in [0.3, 0.4) is 0 Å². The van der Waals surface area contributed by atoms with Crippen molar-refractivity contribution < 1.29 is 9.84 Å². The highest BCUT2D eigenvalue weighted by atomic mass is 16.5. The topological polar surface area (TPSA) is 41.5 Å². The molecule has 2 atom stereocenters. The Bertz CT molecular complexity index is 133. The van der Waals surface area contributed by atoms with Crippen LogP contribution in [0.2, 0.25) is 0 Å². The van der Waals surface area contributed by atoms with Gasteiger partial charge < -0.3 is 15.2 Å². The lowest BCUT2D eigenvalue weighted by Gasteiger charge is -2.18. The van der Waals surface area contributed by atoms with Crippen LogP contribution in [-0.4, -0.2) is 37.0 Å². The van der Waals surface area contributed by atoms with Gasteiger partial charge in [-0.25, -0.2) is 0 Å². The van der Waals surface area contributed by atoms with Crippen molar-refractivity contribution in [1.29, 1.82) is 0 Å². The molecule has 3 nitrogen and oxygen atoms in total. The van der Waals surface area contributed by atoms with Crippen LogP contribution in [-0.2, 0) is 4.74 Å². The van der Waals surface area contributed by atoms with E-state index in [2.05, 4.69) is 19.2 Å². The summed E-state index contributed by atoms with van der Waals surface area (Å²) < 4.78 is 5.38. The van der Waals surface area contributed by atoms with Crippen molar-refractivity contribution in [2.75, 3.05) is 19.7 Å². The van der Waals surface area contributed by atoms with Crippen LogP contribution < -0.4 is 5.32 Å². The van der Waals surface area contributed by atoms with Crippen LogP contribution in [0, 0.1) is 5.92 Å². The zero-order chi connectivity index (χ0) is 9.68. The second-order valence-electron chi connectivity index (χ2n) is 4.17. The Balaban J connectivity index is 2.06. The fraction of sp³-hybridized carbons (Fsp3) is 1.00. The van der Waals surface area contributed by atoms with Crippen molar-refractivity contribution in [2.24, 2.45) is 5.92 Å². The second kappa shape index (κ2) is 5.58. The standard InChI is InChI=1S/C10H21NO2/c1-8(2)6-11-7-9(12)10-4-3-5-13-10/h8-12H,3-7H2,1-2H3. The summed E-state index contributed by atoms with van der Waals surface area (Å²) in [5.41, 5.74) is 0.